The van der Waals surface area contributed by atoms with Crippen molar-refractivity contribution in [1.29, 1.82) is 0 Å². The Labute approximate surface area is 241 Å². The quantitative estimate of drug-likeness (QED) is 0.0791. The van der Waals surface area contributed by atoms with Crippen LogP contribution in [0.3, 0.4) is 0 Å². The molecule has 0 saturated heterocycles. The predicted octanol–water partition coefficient (Wildman–Crippen LogP) is 8.57. The third-order valence-corrected chi connectivity index (χ3v) is 8.27. The number of esters is 2. The van der Waals surface area contributed by atoms with Gasteiger partial charge in [0.2, 0.25) is 0 Å². The Morgan fingerprint density at radius 1 is 0.513 bits per heavy atom. The van der Waals surface area contributed by atoms with E-state index >= 15 is 0 Å². The Bertz CT molecular complexity index is 1650. The largest absolute Gasteiger partial charge is 0.459 e. The molecule has 0 radical (unpaired) electrons. The number of alkyl halides is 2. The van der Waals surface area contributed by atoms with Crippen LogP contribution in [0.25, 0.3) is 43.1 Å². The zero-order chi connectivity index (χ0) is 27.0. The van der Waals surface area contributed by atoms with Crippen molar-refractivity contribution >= 4 is 86.9 Å². The maximum atomic E-state index is 13.2. The molecule has 0 unspecified atom stereocenters. The maximum absolute atomic E-state index is 13.2. The van der Waals surface area contributed by atoms with Crippen molar-refractivity contribution in [3.63, 3.8) is 0 Å². The lowest BCUT2D eigenvalue weighted by atomic mass is 9.97. The zero-order valence-corrected chi connectivity index (χ0v) is 23.9. The topological polar surface area (TPSA) is 52.6 Å². The molecular formula is C33H22Br2O4. The van der Waals surface area contributed by atoms with Crippen LogP contribution < -0.4 is 0 Å². The van der Waals surface area contributed by atoms with Gasteiger partial charge in [-0.15, -0.1) is 0 Å². The summed E-state index contributed by atoms with van der Waals surface area (Å²) in [6, 6.07) is 36.1. The van der Waals surface area contributed by atoms with E-state index in [0.29, 0.717) is 0 Å². The molecule has 0 heterocycles. The molecule has 0 saturated carbocycles. The fourth-order valence-electron chi connectivity index (χ4n) is 5.07. The molecule has 6 rings (SSSR count). The van der Waals surface area contributed by atoms with Gasteiger partial charge in [-0.3, -0.25) is 0 Å². The van der Waals surface area contributed by atoms with Crippen LogP contribution in [-0.4, -0.2) is 15.2 Å². The highest BCUT2D eigenvalue weighted by Crippen LogP contribution is 2.34. The van der Waals surface area contributed by atoms with Gasteiger partial charge in [0.1, 0.15) is 13.2 Å². The highest BCUT2D eigenvalue weighted by atomic mass is 79.9. The van der Waals surface area contributed by atoms with Crippen molar-refractivity contribution in [2.75, 3.05) is 0 Å². The zero-order valence-electron chi connectivity index (χ0n) is 20.7. The molecule has 6 aromatic carbocycles. The van der Waals surface area contributed by atoms with Crippen molar-refractivity contribution in [2.24, 2.45) is 0 Å². The third kappa shape index (κ3) is 4.79. The highest BCUT2D eigenvalue weighted by Gasteiger charge is 2.44. The molecule has 0 aliphatic carbocycles. The monoisotopic (exact) mass is 640 g/mol. The van der Waals surface area contributed by atoms with Crippen LogP contribution >= 0.6 is 31.9 Å². The van der Waals surface area contributed by atoms with Gasteiger partial charge in [0, 0.05) is 11.1 Å². The first-order valence-corrected chi connectivity index (χ1v) is 14.0. The number of ether oxygens (including phenoxy) is 2. The molecule has 0 aliphatic rings. The summed E-state index contributed by atoms with van der Waals surface area (Å²) in [6.45, 7) is 0.00177. The lowest BCUT2D eigenvalue weighted by molar-refractivity contribution is -0.155. The van der Waals surface area contributed by atoms with E-state index in [0.717, 1.165) is 54.2 Å². The summed E-state index contributed by atoms with van der Waals surface area (Å²) in [7, 11) is 0. The van der Waals surface area contributed by atoms with Crippen molar-refractivity contribution in [1.82, 2.24) is 0 Å². The number of carbonyl (C=O) groups excluding carboxylic acids is 2. The Hall–Kier alpha value is -3.74. The maximum Gasteiger partial charge on any atom is 0.345 e. The van der Waals surface area contributed by atoms with Gasteiger partial charge in [-0.2, -0.15) is 0 Å². The number of fused-ring (bicyclic) bond motifs is 4. The molecule has 4 nitrogen and oxygen atoms in total. The van der Waals surface area contributed by atoms with E-state index in [2.05, 4.69) is 44.0 Å². The molecule has 0 amide bonds. The highest BCUT2D eigenvalue weighted by molar-refractivity contribution is 9.26. The van der Waals surface area contributed by atoms with E-state index < -0.39 is 15.2 Å². The van der Waals surface area contributed by atoms with Crippen LogP contribution in [0.15, 0.2) is 109 Å². The fraction of sp³-hybridized carbons (Fsp3) is 0.0909. The second kappa shape index (κ2) is 10.4. The molecule has 0 aliphatic heterocycles. The lowest BCUT2D eigenvalue weighted by Gasteiger charge is -2.19. The Balaban J connectivity index is 1.24. The smallest absolute Gasteiger partial charge is 0.345 e. The number of hydrogen-bond acceptors (Lipinski definition) is 4. The molecule has 6 aromatic rings. The van der Waals surface area contributed by atoms with Crippen LogP contribution in [0.2, 0.25) is 0 Å². The number of halogens is 2. The Kier molecular flexibility index (Phi) is 6.83. The minimum Gasteiger partial charge on any atom is -0.459 e. The summed E-state index contributed by atoms with van der Waals surface area (Å²) in [4.78, 5) is 26.3. The van der Waals surface area contributed by atoms with Crippen molar-refractivity contribution < 1.29 is 19.1 Å². The van der Waals surface area contributed by atoms with Gasteiger partial charge in [-0.25, -0.2) is 9.59 Å². The molecule has 0 bridgehead atoms. The van der Waals surface area contributed by atoms with Crippen molar-refractivity contribution in [3.8, 4) is 0 Å². The van der Waals surface area contributed by atoms with E-state index in [1.54, 1.807) is 0 Å². The van der Waals surface area contributed by atoms with Gasteiger partial charge in [0.25, 0.3) is 3.23 Å². The molecule has 39 heavy (non-hydrogen) atoms. The average molecular weight is 642 g/mol. The van der Waals surface area contributed by atoms with Gasteiger partial charge < -0.3 is 9.47 Å². The number of rotatable bonds is 6. The molecule has 6 heteroatoms. The van der Waals surface area contributed by atoms with Crippen LogP contribution in [-0.2, 0) is 32.3 Å². The minimum absolute atomic E-state index is 0.000883. The summed E-state index contributed by atoms with van der Waals surface area (Å²) in [5, 5.41) is 8.16. The van der Waals surface area contributed by atoms with E-state index in [4.69, 9.17) is 9.47 Å². The molecule has 0 fully saturated rings. The standard InChI is InChI=1S/C33H22Br2O4/c34-33(35,31(36)38-19-29-25-13-5-1-9-21(25)17-22-10-2-6-14-26(22)29)32(37)39-20-30-27-15-7-3-11-23(27)18-24-12-4-8-16-28(24)30/h1-18H,19-20H2. The predicted molar refractivity (Wildman–Crippen MR) is 163 cm³/mol. The SMILES string of the molecule is O=C(OCc1c2ccccc2cc2ccccc12)C(Br)(Br)C(=O)OCc1c2ccccc2cc2ccccc12. The fourth-order valence-corrected chi connectivity index (χ4v) is 5.52. The second-order valence-electron chi connectivity index (χ2n) is 9.32. The first kappa shape index (κ1) is 25.5. The molecule has 0 N–H and O–H groups in total. The molecule has 0 spiro atoms. The van der Waals surface area contributed by atoms with Gasteiger partial charge in [0.05, 0.1) is 0 Å². The second-order valence-corrected chi connectivity index (χ2v) is 12.8. The van der Waals surface area contributed by atoms with E-state index in [1.165, 1.54) is 0 Å². The summed E-state index contributed by atoms with van der Waals surface area (Å²) in [6.07, 6.45) is 0. The number of carbonyl (C=O) groups is 2. The molecule has 0 atom stereocenters. The molecule has 192 valence electrons. The van der Waals surface area contributed by atoms with Crippen LogP contribution in [0.5, 0.6) is 0 Å². The summed E-state index contributed by atoms with van der Waals surface area (Å²) in [5.41, 5.74) is 1.76. The molecular weight excluding hydrogens is 620 g/mol. The van der Waals surface area contributed by atoms with Gasteiger partial charge in [-0.1, -0.05) is 97.1 Å². The van der Waals surface area contributed by atoms with E-state index in [1.807, 2.05) is 97.1 Å². The Morgan fingerprint density at radius 2 is 0.795 bits per heavy atom. The summed E-state index contributed by atoms with van der Waals surface area (Å²) >= 11 is 6.45. The van der Waals surface area contributed by atoms with Crippen LogP contribution in [0.4, 0.5) is 0 Å². The molecule has 0 aromatic heterocycles. The first-order valence-electron chi connectivity index (χ1n) is 12.4. The number of benzene rings is 6. The normalized spacial score (nSPS) is 11.7. The van der Waals surface area contributed by atoms with E-state index in [9.17, 15) is 9.59 Å². The van der Waals surface area contributed by atoms with Gasteiger partial charge in [0.15, 0.2) is 0 Å². The average Bonchev–Trinajstić information content (AvgIpc) is 2.97. The Morgan fingerprint density at radius 3 is 1.10 bits per heavy atom. The van der Waals surface area contributed by atoms with Crippen molar-refractivity contribution in [3.05, 3.63) is 120 Å². The summed E-state index contributed by atoms with van der Waals surface area (Å²) < 4.78 is 9.53. The van der Waals surface area contributed by atoms with Gasteiger partial charge in [-0.05, 0) is 87.1 Å². The first-order chi connectivity index (χ1) is 18.9. The number of hydrogen-bond donors (Lipinski definition) is 0. The minimum atomic E-state index is -1.85. The van der Waals surface area contributed by atoms with E-state index in [-0.39, 0.29) is 13.2 Å². The lowest BCUT2D eigenvalue weighted by Crippen LogP contribution is -2.37. The van der Waals surface area contributed by atoms with Crippen molar-refractivity contribution in [2.45, 2.75) is 16.4 Å². The third-order valence-electron chi connectivity index (χ3n) is 6.97. The summed E-state index contributed by atoms with van der Waals surface area (Å²) in [5.74, 6) is -1.57. The van der Waals surface area contributed by atoms with Crippen LogP contribution in [0, 0.1) is 0 Å². The van der Waals surface area contributed by atoms with Gasteiger partial charge >= 0.3 is 11.9 Å². The van der Waals surface area contributed by atoms with Crippen LogP contribution in [0.1, 0.15) is 11.1 Å².